The van der Waals surface area contributed by atoms with E-state index in [9.17, 15) is 4.79 Å². The van der Waals surface area contributed by atoms with Gasteiger partial charge in [0, 0.05) is 25.7 Å². The summed E-state index contributed by atoms with van der Waals surface area (Å²) in [4.78, 5) is 16.3. The molecule has 0 saturated carbocycles. The first-order chi connectivity index (χ1) is 7.60. The van der Waals surface area contributed by atoms with E-state index in [0.29, 0.717) is 6.04 Å². The average Bonchev–Trinajstić information content (AvgIpc) is 2.29. The molecule has 94 valence electrons. The first-order valence-electron chi connectivity index (χ1n) is 6.34. The summed E-state index contributed by atoms with van der Waals surface area (Å²) in [6, 6.07) is 0.192. The Bertz CT molecular complexity index is 232. The number of piperazine rings is 1. The second-order valence-corrected chi connectivity index (χ2v) is 4.72. The number of likely N-dealkylation sites (N-methyl/N-ethyl adjacent to an activating group) is 1. The van der Waals surface area contributed by atoms with Crippen molar-refractivity contribution in [3.63, 3.8) is 0 Å². The molecule has 0 aromatic carbocycles. The van der Waals surface area contributed by atoms with E-state index in [4.69, 9.17) is 5.73 Å². The van der Waals surface area contributed by atoms with E-state index in [1.54, 1.807) is 0 Å². The van der Waals surface area contributed by atoms with Crippen LogP contribution in [0.4, 0.5) is 0 Å². The maximum Gasteiger partial charge on any atom is 0.239 e. The molecule has 1 rings (SSSR count). The van der Waals surface area contributed by atoms with Crippen molar-refractivity contribution in [1.82, 2.24) is 9.80 Å². The number of nitrogens with two attached hydrogens (primary N) is 1. The minimum absolute atomic E-state index is 0.133. The Morgan fingerprint density at radius 3 is 2.69 bits per heavy atom. The molecule has 1 amide bonds. The van der Waals surface area contributed by atoms with Gasteiger partial charge in [0.1, 0.15) is 0 Å². The van der Waals surface area contributed by atoms with Crippen molar-refractivity contribution in [2.75, 3.05) is 26.7 Å². The van der Waals surface area contributed by atoms with Gasteiger partial charge in [-0.05, 0) is 19.9 Å². The molecule has 4 heteroatoms. The van der Waals surface area contributed by atoms with Crippen molar-refractivity contribution in [2.24, 2.45) is 5.73 Å². The SMILES string of the molecule is CCC[C@H](N)C(=O)N1CCN(C)C(CC)C1. The Kier molecular flexibility index (Phi) is 5.22. The number of carbonyl (C=O) groups is 1. The quantitative estimate of drug-likeness (QED) is 0.768. The van der Waals surface area contributed by atoms with Crippen LogP contribution in [0.15, 0.2) is 0 Å². The van der Waals surface area contributed by atoms with E-state index in [-0.39, 0.29) is 11.9 Å². The van der Waals surface area contributed by atoms with Gasteiger partial charge in [0.05, 0.1) is 6.04 Å². The number of hydrogen-bond donors (Lipinski definition) is 1. The summed E-state index contributed by atoms with van der Waals surface area (Å²) in [5.41, 5.74) is 5.88. The molecular formula is C12H25N3O. The smallest absolute Gasteiger partial charge is 0.239 e. The van der Waals surface area contributed by atoms with Gasteiger partial charge in [0.2, 0.25) is 5.91 Å². The normalized spacial score (nSPS) is 24.5. The Labute approximate surface area is 98.8 Å². The van der Waals surface area contributed by atoms with Gasteiger partial charge < -0.3 is 10.6 Å². The van der Waals surface area contributed by atoms with Crippen molar-refractivity contribution < 1.29 is 4.79 Å². The van der Waals surface area contributed by atoms with Crippen molar-refractivity contribution in [1.29, 1.82) is 0 Å². The van der Waals surface area contributed by atoms with Crippen LogP contribution >= 0.6 is 0 Å². The lowest BCUT2D eigenvalue weighted by molar-refractivity contribution is -0.135. The van der Waals surface area contributed by atoms with Crippen LogP contribution in [0.5, 0.6) is 0 Å². The molecule has 16 heavy (non-hydrogen) atoms. The number of nitrogens with zero attached hydrogens (tertiary/aromatic N) is 2. The molecule has 1 aliphatic heterocycles. The van der Waals surface area contributed by atoms with Gasteiger partial charge in [-0.15, -0.1) is 0 Å². The van der Waals surface area contributed by atoms with Gasteiger partial charge >= 0.3 is 0 Å². The second kappa shape index (κ2) is 6.21. The van der Waals surface area contributed by atoms with Crippen LogP contribution in [-0.4, -0.2) is 54.5 Å². The van der Waals surface area contributed by atoms with Gasteiger partial charge in [0.15, 0.2) is 0 Å². The standard InChI is InChI=1S/C12H25N3O/c1-4-6-11(13)12(16)15-8-7-14(3)10(5-2)9-15/h10-11H,4-9,13H2,1-3H3/t10?,11-/m0/s1. The molecule has 0 aliphatic carbocycles. The Balaban J connectivity index is 2.51. The van der Waals surface area contributed by atoms with Gasteiger partial charge in [0.25, 0.3) is 0 Å². The van der Waals surface area contributed by atoms with Gasteiger partial charge in [-0.3, -0.25) is 9.69 Å². The molecule has 0 radical (unpaired) electrons. The fourth-order valence-electron chi connectivity index (χ4n) is 2.26. The zero-order valence-corrected chi connectivity index (χ0v) is 10.8. The van der Waals surface area contributed by atoms with Crippen LogP contribution in [0.25, 0.3) is 0 Å². The van der Waals surface area contributed by atoms with Crippen molar-refractivity contribution >= 4 is 5.91 Å². The van der Waals surface area contributed by atoms with E-state index in [1.807, 2.05) is 4.90 Å². The Hall–Kier alpha value is -0.610. The van der Waals surface area contributed by atoms with Gasteiger partial charge in [-0.2, -0.15) is 0 Å². The monoisotopic (exact) mass is 227 g/mol. The maximum absolute atomic E-state index is 12.0. The predicted molar refractivity (Wildman–Crippen MR) is 66.2 cm³/mol. The fraction of sp³-hybridized carbons (Fsp3) is 0.917. The first-order valence-corrected chi connectivity index (χ1v) is 6.34. The fourth-order valence-corrected chi connectivity index (χ4v) is 2.26. The number of rotatable bonds is 4. The highest BCUT2D eigenvalue weighted by Crippen LogP contribution is 2.12. The third kappa shape index (κ3) is 3.19. The summed E-state index contributed by atoms with van der Waals surface area (Å²) in [7, 11) is 2.13. The zero-order valence-electron chi connectivity index (χ0n) is 10.8. The maximum atomic E-state index is 12.0. The summed E-state index contributed by atoms with van der Waals surface area (Å²) < 4.78 is 0. The van der Waals surface area contributed by atoms with E-state index in [2.05, 4.69) is 25.8 Å². The van der Waals surface area contributed by atoms with Crippen molar-refractivity contribution in [3.05, 3.63) is 0 Å². The van der Waals surface area contributed by atoms with E-state index < -0.39 is 0 Å². The van der Waals surface area contributed by atoms with E-state index in [1.165, 1.54) is 0 Å². The number of hydrogen-bond acceptors (Lipinski definition) is 3. The zero-order chi connectivity index (χ0) is 12.1. The van der Waals surface area contributed by atoms with Crippen LogP contribution in [0.1, 0.15) is 33.1 Å². The third-order valence-electron chi connectivity index (χ3n) is 3.48. The lowest BCUT2D eigenvalue weighted by Crippen LogP contribution is -2.56. The Morgan fingerprint density at radius 1 is 1.44 bits per heavy atom. The highest BCUT2D eigenvalue weighted by molar-refractivity contribution is 5.81. The molecule has 0 aromatic heterocycles. The van der Waals surface area contributed by atoms with Crippen molar-refractivity contribution in [3.8, 4) is 0 Å². The van der Waals surface area contributed by atoms with Gasteiger partial charge in [-0.1, -0.05) is 20.3 Å². The average molecular weight is 227 g/mol. The molecule has 0 spiro atoms. The van der Waals surface area contributed by atoms with Crippen LogP contribution in [0.3, 0.4) is 0 Å². The molecule has 2 N–H and O–H groups in total. The molecule has 1 fully saturated rings. The highest BCUT2D eigenvalue weighted by atomic mass is 16.2. The molecule has 0 aromatic rings. The predicted octanol–water partition coefficient (Wildman–Crippen LogP) is 0.666. The Morgan fingerprint density at radius 2 is 2.12 bits per heavy atom. The molecule has 0 bridgehead atoms. The van der Waals surface area contributed by atoms with Crippen LogP contribution in [0.2, 0.25) is 0 Å². The summed E-state index contributed by atoms with van der Waals surface area (Å²) in [6.45, 7) is 6.85. The molecule has 1 aliphatic rings. The van der Waals surface area contributed by atoms with Crippen molar-refractivity contribution in [2.45, 2.75) is 45.2 Å². The first kappa shape index (κ1) is 13.5. The number of amides is 1. The number of carbonyl (C=O) groups excluding carboxylic acids is 1. The summed E-state index contributed by atoms with van der Waals surface area (Å²) in [5, 5.41) is 0. The molecular weight excluding hydrogens is 202 g/mol. The minimum atomic E-state index is -0.300. The third-order valence-corrected chi connectivity index (χ3v) is 3.48. The largest absolute Gasteiger partial charge is 0.338 e. The lowest BCUT2D eigenvalue weighted by atomic mass is 10.1. The topological polar surface area (TPSA) is 49.6 Å². The van der Waals surface area contributed by atoms with Crippen LogP contribution in [-0.2, 0) is 4.79 Å². The van der Waals surface area contributed by atoms with E-state index in [0.717, 1.165) is 38.9 Å². The van der Waals surface area contributed by atoms with Crippen LogP contribution in [0, 0.1) is 0 Å². The highest BCUT2D eigenvalue weighted by Gasteiger charge is 2.28. The van der Waals surface area contributed by atoms with Gasteiger partial charge in [-0.25, -0.2) is 0 Å². The molecule has 2 atom stereocenters. The summed E-state index contributed by atoms with van der Waals surface area (Å²) in [6.07, 6.45) is 2.85. The minimum Gasteiger partial charge on any atom is -0.338 e. The van der Waals surface area contributed by atoms with E-state index >= 15 is 0 Å². The van der Waals surface area contributed by atoms with Crippen LogP contribution < -0.4 is 5.73 Å². The molecule has 1 heterocycles. The molecule has 4 nitrogen and oxygen atoms in total. The lowest BCUT2D eigenvalue weighted by Gasteiger charge is -2.40. The molecule has 1 unspecified atom stereocenters. The summed E-state index contributed by atoms with van der Waals surface area (Å²) >= 11 is 0. The second-order valence-electron chi connectivity index (χ2n) is 4.72. The molecule has 1 saturated heterocycles. The summed E-state index contributed by atoms with van der Waals surface area (Å²) in [5.74, 6) is 0.133.